The van der Waals surface area contributed by atoms with Crippen molar-refractivity contribution in [3.05, 3.63) is 29.8 Å². The SMILES string of the molecule is CCOc1ccc(CC(=O)N2CCC3(CC2)N(CCOC)C(=O)CS3(=O)=O)cc1. The zero-order valence-corrected chi connectivity index (χ0v) is 17.7. The summed E-state index contributed by atoms with van der Waals surface area (Å²) in [6, 6.07) is 7.39. The number of hydrogen-bond donors (Lipinski definition) is 0. The quantitative estimate of drug-likeness (QED) is 0.644. The summed E-state index contributed by atoms with van der Waals surface area (Å²) in [6.45, 7) is 3.64. The first-order chi connectivity index (χ1) is 13.8. The van der Waals surface area contributed by atoms with Crippen molar-refractivity contribution in [3.63, 3.8) is 0 Å². The Balaban J connectivity index is 1.65. The minimum absolute atomic E-state index is 0.0471. The lowest BCUT2D eigenvalue weighted by molar-refractivity contribution is -0.135. The summed E-state index contributed by atoms with van der Waals surface area (Å²) in [4.78, 5) is 26.9. The van der Waals surface area contributed by atoms with Crippen LogP contribution in [-0.4, -0.2) is 80.6 Å². The molecule has 0 aliphatic carbocycles. The number of ether oxygens (including phenoxy) is 2. The Morgan fingerprint density at radius 2 is 1.83 bits per heavy atom. The molecule has 0 N–H and O–H groups in total. The lowest BCUT2D eigenvalue weighted by Gasteiger charge is -2.43. The third-order valence-electron chi connectivity index (χ3n) is 5.69. The van der Waals surface area contributed by atoms with Gasteiger partial charge < -0.3 is 19.3 Å². The number of benzene rings is 1. The van der Waals surface area contributed by atoms with Crippen molar-refractivity contribution in [3.8, 4) is 5.75 Å². The first-order valence-electron chi connectivity index (χ1n) is 9.84. The second-order valence-electron chi connectivity index (χ2n) is 7.38. The predicted octanol–water partition coefficient (Wildman–Crippen LogP) is 0.850. The Morgan fingerprint density at radius 1 is 1.17 bits per heavy atom. The fourth-order valence-electron chi connectivity index (χ4n) is 4.12. The molecule has 2 aliphatic rings. The molecule has 1 aromatic rings. The molecule has 2 heterocycles. The van der Waals surface area contributed by atoms with Crippen LogP contribution < -0.4 is 4.74 Å². The van der Waals surface area contributed by atoms with Crippen molar-refractivity contribution < 1.29 is 27.5 Å². The van der Waals surface area contributed by atoms with Gasteiger partial charge in [-0.2, -0.15) is 0 Å². The molecule has 9 heteroatoms. The predicted molar refractivity (Wildman–Crippen MR) is 107 cm³/mol. The third kappa shape index (κ3) is 4.25. The summed E-state index contributed by atoms with van der Waals surface area (Å²) in [5, 5.41) is 0. The van der Waals surface area contributed by atoms with Gasteiger partial charge in [-0.3, -0.25) is 9.59 Å². The smallest absolute Gasteiger partial charge is 0.239 e. The molecule has 2 amide bonds. The van der Waals surface area contributed by atoms with Crippen molar-refractivity contribution in [2.75, 3.05) is 45.7 Å². The van der Waals surface area contributed by atoms with Crippen molar-refractivity contribution >= 4 is 21.7 Å². The average molecular weight is 425 g/mol. The van der Waals surface area contributed by atoms with Gasteiger partial charge in [0, 0.05) is 39.6 Å². The molecule has 3 rings (SSSR count). The van der Waals surface area contributed by atoms with Gasteiger partial charge in [-0.25, -0.2) is 8.42 Å². The number of hydrogen-bond acceptors (Lipinski definition) is 6. The maximum Gasteiger partial charge on any atom is 0.239 e. The molecular weight excluding hydrogens is 396 g/mol. The summed E-state index contributed by atoms with van der Waals surface area (Å²) in [6.07, 6.45) is 0.720. The number of carbonyl (C=O) groups excluding carboxylic acids is 2. The molecular formula is C20H28N2O6S. The molecule has 1 spiro atoms. The van der Waals surface area contributed by atoms with Crippen LogP contribution >= 0.6 is 0 Å². The number of rotatable bonds is 7. The highest BCUT2D eigenvalue weighted by Crippen LogP contribution is 2.39. The molecule has 0 bridgehead atoms. The van der Waals surface area contributed by atoms with Crippen LogP contribution in [-0.2, 0) is 30.6 Å². The number of methoxy groups -OCH3 is 1. The highest BCUT2D eigenvalue weighted by molar-refractivity contribution is 7.93. The first-order valence-corrected chi connectivity index (χ1v) is 11.5. The van der Waals surface area contributed by atoms with E-state index in [9.17, 15) is 18.0 Å². The van der Waals surface area contributed by atoms with E-state index < -0.39 is 20.5 Å². The fraction of sp³-hybridized carbons (Fsp3) is 0.600. The van der Waals surface area contributed by atoms with E-state index in [2.05, 4.69) is 0 Å². The second kappa shape index (κ2) is 8.71. The maximum atomic E-state index is 12.8. The summed E-state index contributed by atoms with van der Waals surface area (Å²) < 4.78 is 36.0. The van der Waals surface area contributed by atoms with Crippen LogP contribution in [0.5, 0.6) is 5.75 Å². The molecule has 8 nitrogen and oxygen atoms in total. The summed E-state index contributed by atoms with van der Waals surface area (Å²) in [7, 11) is -2.07. The molecule has 0 atom stereocenters. The van der Waals surface area contributed by atoms with Crippen molar-refractivity contribution in [1.29, 1.82) is 0 Å². The Hall–Kier alpha value is -2.13. The van der Waals surface area contributed by atoms with Crippen LogP contribution in [0, 0.1) is 0 Å². The van der Waals surface area contributed by atoms with E-state index in [0.29, 0.717) is 19.7 Å². The van der Waals surface area contributed by atoms with E-state index in [1.54, 1.807) is 4.90 Å². The molecule has 160 valence electrons. The summed E-state index contributed by atoms with van der Waals surface area (Å²) in [5.41, 5.74) is 0.879. The molecule has 2 fully saturated rings. The van der Waals surface area contributed by atoms with Gasteiger partial charge in [-0.05, 0) is 24.6 Å². The Kier molecular flexibility index (Phi) is 6.48. The van der Waals surface area contributed by atoms with Gasteiger partial charge in [0.1, 0.15) is 16.4 Å². The first kappa shape index (κ1) is 21.6. The van der Waals surface area contributed by atoms with E-state index in [4.69, 9.17) is 9.47 Å². The number of likely N-dealkylation sites (tertiary alicyclic amines) is 1. The maximum absolute atomic E-state index is 12.8. The molecule has 1 aromatic carbocycles. The van der Waals surface area contributed by atoms with Crippen LogP contribution in [0.1, 0.15) is 25.3 Å². The third-order valence-corrected chi connectivity index (χ3v) is 8.10. The zero-order chi connectivity index (χ0) is 21.1. The van der Waals surface area contributed by atoms with E-state index in [1.165, 1.54) is 12.0 Å². The molecule has 2 aliphatic heterocycles. The average Bonchev–Trinajstić information content (AvgIpc) is 2.87. The molecule has 0 saturated carbocycles. The Morgan fingerprint density at radius 3 is 2.41 bits per heavy atom. The lowest BCUT2D eigenvalue weighted by Crippen LogP contribution is -2.57. The standard InChI is InChI=1S/C20H28N2O6S/c1-3-28-17-6-4-16(5-7-17)14-18(23)21-10-8-20(9-11-21)22(12-13-27-2)19(24)15-29(20,25)26/h4-7H,3,8-15H2,1-2H3. The zero-order valence-electron chi connectivity index (χ0n) is 16.9. The highest BCUT2D eigenvalue weighted by Gasteiger charge is 2.58. The van der Waals surface area contributed by atoms with E-state index in [1.807, 2.05) is 31.2 Å². The van der Waals surface area contributed by atoms with Gasteiger partial charge in [-0.1, -0.05) is 12.1 Å². The van der Waals surface area contributed by atoms with E-state index >= 15 is 0 Å². The van der Waals surface area contributed by atoms with Gasteiger partial charge in [0.15, 0.2) is 9.84 Å². The van der Waals surface area contributed by atoms with Gasteiger partial charge in [0.25, 0.3) is 0 Å². The van der Waals surface area contributed by atoms with Gasteiger partial charge in [0.2, 0.25) is 11.8 Å². The number of sulfone groups is 1. The molecule has 0 aromatic heterocycles. The van der Waals surface area contributed by atoms with Crippen LogP contribution in [0.4, 0.5) is 0 Å². The van der Waals surface area contributed by atoms with Crippen LogP contribution in [0.25, 0.3) is 0 Å². The van der Waals surface area contributed by atoms with E-state index in [-0.39, 0.29) is 44.2 Å². The van der Waals surface area contributed by atoms with Crippen molar-refractivity contribution in [2.45, 2.75) is 31.1 Å². The number of piperidine rings is 1. The molecule has 0 radical (unpaired) electrons. The monoisotopic (exact) mass is 424 g/mol. The van der Waals surface area contributed by atoms with Crippen LogP contribution in [0.3, 0.4) is 0 Å². The Labute approximate surface area is 171 Å². The largest absolute Gasteiger partial charge is 0.494 e. The van der Waals surface area contributed by atoms with Crippen molar-refractivity contribution in [2.24, 2.45) is 0 Å². The lowest BCUT2D eigenvalue weighted by atomic mass is 10.0. The molecule has 2 saturated heterocycles. The van der Waals surface area contributed by atoms with Crippen molar-refractivity contribution in [1.82, 2.24) is 9.80 Å². The minimum Gasteiger partial charge on any atom is -0.494 e. The van der Waals surface area contributed by atoms with Gasteiger partial charge >= 0.3 is 0 Å². The summed E-state index contributed by atoms with van der Waals surface area (Å²) >= 11 is 0. The molecule has 29 heavy (non-hydrogen) atoms. The van der Waals surface area contributed by atoms with Gasteiger partial charge in [-0.15, -0.1) is 0 Å². The highest BCUT2D eigenvalue weighted by atomic mass is 32.2. The summed E-state index contributed by atoms with van der Waals surface area (Å²) in [5.74, 6) is -0.127. The number of amides is 2. The number of carbonyl (C=O) groups is 2. The topological polar surface area (TPSA) is 93.2 Å². The van der Waals surface area contributed by atoms with Crippen LogP contribution in [0.2, 0.25) is 0 Å². The number of nitrogens with zero attached hydrogens (tertiary/aromatic N) is 2. The van der Waals surface area contributed by atoms with Crippen LogP contribution in [0.15, 0.2) is 24.3 Å². The fourth-order valence-corrected chi connectivity index (χ4v) is 6.21. The second-order valence-corrected chi connectivity index (χ2v) is 9.66. The van der Waals surface area contributed by atoms with E-state index in [0.717, 1.165) is 11.3 Å². The van der Waals surface area contributed by atoms with Gasteiger partial charge in [0.05, 0.1) is 19.6 Å². The molecule has 0 unspecified atom stereocenters. The minimum atomic E-state index is -3.59. The normalized spacial score (nSPS) is 20.3. The Bertz CT molecular complexity index is 844.